The Morgan fingerprint density at radius 2 is 1.97 bits per heavy atom. The summed E-state index contributed by atoms with van der Waals surface area (Å²) in [6.07, 6.45) is 0. The molecule has 1 heterocycles. The average Bonchev–Trinajstić information content (AvgIpc) is 3.05. The van der Waals surface area contributed by atoms with Gasteiger partial charge in [-0.15, -0.1) is 0 Å². The molecular formula is C21H19ClF2N2O4. The van der Waals surface area contributed by atoms with Crippen molar-refractivity contribution in [3.8, 4) is 11.5 Å². The van der Waals surface area contributed by atoms with Crippen LogP contribution in [-0.2, 0) is 6.61 Å². The number of carbonyl (C=O) groups excluding carboxylic acids is 1. The highest BCUT2D eigenvalue weighted by Gasteiger charge is 2.21. The maximum Gasteiger partial charge on any atom is 0.387 e. The predicted molar refractivity (Wildman–Crippen MR) is 108 cm³/mol. The first kappa shape index (κ1) is 21.6. The van der Waals surface area contributed by atoms with Crippen molar-refractivity contribution in [3.63, 3.8) is 0 Å². The largest absolute Gasteiger partial charge is 0.488 e. The van der Waals surface area contributed by atoms with Crippen LogP contribution in [0.25, 0.3) is 0 Å². The van der Waals surface area contributed by atoms with Crippen LogP contribution < -0.4 is 14.8 Å². The van der Waals surface area contributed by atoms with Gasteiger partial charge < -0.3 is 19.3 Å². The van der Waals surface area contributed by atoms with Crippen molar-refractivity contribution in [2.75, 3.05) is 5.32 Å². The molecule has 0 saturated heterocycles. The van der Waals surface area contributed by atoms with Crippen LogP contribution in [0.5, 0.6) is 11.5 Å². The summed E-state index contributed by atoms with van der Waals surface area (Å²) in [4.78, 5) is 12.7. The van der Waals surface area contributed by atoms with Gasteiger partial charge in [0.25, 0.3) is 5.91 Å². The summed E-state index contributed by atoms with van der Waals surface area (Å²) in [7, 11) is 0. The molecule has 0 atom stereocenters. The molecule has 1 amide bonds. The van der Waals surface area contributed by atoms with Crippen molar-refractivity contribution >= 4 is 23.2 Å². The number of aromatic nitrogens is 1. The number of amides is 1. The number of nitrogens with zero attached hydrogens (tertiary/aromatic N) is 1. The Labute approximate surface area is 176 Å². The van der Waals surface area contributed by atoms with E-state index in [9.17, 15) is 13.6 Å². The molecule has 158 valence electrons. The number of anilines is 1. The second-order valence-corrected chi connectivity index (χ2v) is 6.94. The van der Waals surface area contributed by atoms with Gasteiger partial charge in [-0.05, 0) is 56.2 Å². The molecule has 1 aromatic heterocycles. The van der Waals surface area contributed by atoms with Crippen molar-refractivity contribution in [2.24, 2.45) is 0 Å². The summed E-state index contributed by atoms with van der Waals surface area (Å²) in [5.41, 5.74) is 2.93. The minimum absolute atomic E-state index is 0.0573. The van der Waals surface area contributed by atoms with E-state index in [1.165, 1.54) is 18.2 Å². The fourth-order valence-electron chi connectivity index (χ4n) is 2.73. The lowest BCUT2D eigenvalue weighted by Gasteiger charge is -2.11. The van der Waals surface area contributed by atoms with E-state index in [2.05, 4.69) is 15.2 Å². The van der Waals surface area contributed by atoms with Gasteiger partial charge in [-0.3, -0.25) is 4.79 Å². The fraction of sp³-hybridized carbons (Fsp3) is 0.238. The topological polar surface area (TPSA) is 73.6 Å². The Morgan fingerprint density at radius 1 is 1.20 bits per heavy atom. The van der Waals surface area contributed by atoms with Gasteiger partial charge in [0.1, 0.15) is 23.9 Å². The summed E-state index contributed by atoms with van der Waals surface area (Å²) in [6, 6.07) is 9.64. The first-order valence-corrected chi connectivity index (χ1v) is 9.34. The molecule has 30 heavy (non-hydrogen) atoms. The van der Waals surface area contributed by atoms with E-state index >= 15 is 0 Å². The number of aryl methyl sites for hydroxylation is 2. The highest BCUT2D eigenvalue weighted by Crippen LogP contribution is 2.29. The van der Waals surface area contributed by atoms with Gasteiger partial charge >= 0.3 is 6.61 Å². The second kappa shape index (κ2) is 9.13. The molecule has 0 aliphatic heterocycles. The molecule has 0 spiro atoms. The molecule has 9 heteroatoms. The number of halogens is 3. The Hall–Kier alpha value is -3.13. The third-order valence-electron chi connectivity index (χ3n) is 4.53. The van der Waals surface area contributed by atoms with Crippen molar-refractivity contribution in [3.05, 3.63) is 69.6 Å². The molecule has 0 radical (unpaired) electrons. The van der Waals surface area contributed by atoms with E-state index in [0.29, 0.717) is 17.1 Å². The number of rotatable bonds is 7. The van der Waals surface area contributed by atoms with Gasteiger partial charge in [0.15, 0.2) is 5.69 Å². The molecule has 0 bridgehead atoms. The average molecular weight is 437 g/mol. The predicted octanol–water partition coefficient (Wildman–Crippen LogP) is 5.69. The van der Waals surface area contributed by atoms with Crippen molar-refractivity contribution < 1.29 is 27.6 Å². The SMILES string of the molecule is Cc1cccc(OCc2c(C(=O)Nc3ccc(OC(F)F)c(Cl)c3)noc2C)c1C. The minimum Gasteiger partial charge on any atom is -0.488 e. The van der Waals surface area contributed by atoms with Crippen LogP contribution in [0.3, 0.4) is 0 Å². The molecule has 0 aliphatic carbocycles. The standard InChI is InChI=1S/C21H19ClF2N2O4/c1-11-5-4-6-17(12(11)2)28-10-15-13(3)30-26-19(15)20(27)25-14-7-8-18(16(22)9-14)29-21(23)24/h4-9,21H,10H2,1-3H3,(H,25,27). The summed E-state index contributed by atoms with van der Waals surface area (Å²) in [5, 5.41) is 6.36. The van der Waals surface area contributed by atoms with Crippen molar-refractivity contribution in [2.45, 2.75) is 34.0 Å². The zero-order valence-corrected chi connectivity index (χ0v) is 17.2. The molecule has 3 rings (SSSR count). The number of nitrogens with one attached hydrogen (secondary N) is 1. The van der Waals surface area contributed by atoms with Crippen LogP contribution in [0.2, 0.25) is 5.02 Å². The number of hydrogen-bond acceptors (Lipinski definition) is 5. The molecule has 0 saturated carbocycles. The molecule has 1 N–H and O–H groups in total. The summed E-state index contributed by atoms with van der Waals surface area (Å²) in [5.74, 6) is 0.405. The van der Waals surface area contributed by atoms with E-state index < -0.39 is 12.5 Å². The lowest BCUT2D eigenvalue weighted by Crippen LogP contribution is -2.15. The first-order valence-electron chi connectivity index (χ1n) is 8.96. The molecule has 0 aliphatic rings. The third kappa shape index (κ3) is 4.88. The Kier molecular flexibility index (Phi) is 6.56. The van der Waals surface area contributed by atoms with Crippen LogP contribution in [0.15, 0.2) is 40.9 Å². The van der Waals surface area contributed by atoms with Crippen LogP contribution in [0.4, 0.5) is 14.5 Å². The maximum atomic E-state index is 12.7. The van der Waals surface area contributed by atoms with Gasteiger partial charge in [0.05, 0.1) is 10.6 Å². The van der Waals surface area contributed by atoms with Crippen molar-refractivity contribution in [1.29, 1.82) is 0 Å². The van der Waals surface area contributed by atoms with Crippen LogP contribution in [-0.4, -0.2) is 17.7 Å². The number of benzene rings is 2. The van der Waals surface area contributed by atoms with Gasteiger partial charge in [-0.25, -0.2) is 0 Å². The summed E-state index contributed by atoms with van der Waals surface area (Å²) in [6.45, 7) is 2.70. The number of carbonyl (C=O) groups is 1. The molecule has 0 unspecified atom stereocenters. The van der Waals surface area contributed by atoms with Gasteiger partial charge in [-0.2, -0.15) is 8.78 Å². The van der Waals surface area contributed by atoms with Crippen LogP contribution in [0.1, 0.15) is 32.9 Å². The van der Waals surface area contributed by atoms with E-state index in [0.717, 1.165) is 11.1 Å². The fourth-order valence-corrected chi connectivity index (χ4v) is 2.96. The zero-order valence-electron chi connectivity index (χ0n) is 16.5. The van der Waals surface area contributed by atoms with Gasteiger partial charge in [0, 0.05) is 5.69 Å². The minimum atomic E-state index is -3.00. The maximum absolute atomic E-state index is 12.7. The Morgan fingerprint density at radius 3 is 2.67 bits per heavy atom. The summed E-state index contributed by atoms with van der Waals surface area (Å²) >= 11 is 5.92. The number of hydrogen-bond donors (Lipinski definition) is 1. The van der Waals surface area contributed by atoms with E-state index in [-0.39, 0.29) is 28.8 Å². The molecule has 6 nitrogen and oxygen atoms in total. The highest BCUT2D eigenvalue weighted by molar-refractivity contribution is 6.32. The van der Waals surface area contributed by atoms with E-state index in [1.54, 1.807) is 6.92 Å². The third-order valence-corrected chi connectivity index (χ3v) is 4.83. The van der Waals surface area contributed by atoms with Gasteiger partial charge in [-0.1, -0.05) is 28.9 Å². The Balaban J connectivity index is 1.74. The van der Waals surface area contributed by atoms with Gasteiger partial charge in [0.2, 0.25) is 0 Å². The van der Waals surface area contributed by atoms with E-state index in [1.807, 2.05) is 32.0 Å². The lowest BCUT2D eigenvalue weighted by molar-refractivity contribution is -0.0497. The quantitative estimate of drug-likeness (QED) is 0.515. The lowest BCUT2D eigenvalue weighted by atomic mass is 10.1. The normalized spacial score (nSPS) is 10.9. The number of ether oxygens (including phenoxy) is 2. The van der Waals surface area contributed by atoms with Crippen LogP contribution >= 0.6 is 11.6 Å². The smallest absolute Gasteiger partial charge is 0.387 e. The molecular weight excluding hydrogens is 418 g/mol. The van der Waals surface area contributed by atoms with Crippen LogP contribution in [0, 0.1) is 20.8 Å². The van der Waals surface area contributed by atoms with E-state index in [4.69, 9.17) is 20.9 Å². The van der Waals surface area contributed by atoms with Crippen molar-refractivity contribution in [1.82, 2.24) is 5.16 Å². The molecule has 2 aromatic carbocycles. The Bertz CT molecular complexity index is 1070. The molecule has 0 fully saturated rings. The highest BCUT2D eigenvalue weighted by atomic mass is 35.5. The summed E-state index contributed by atoms with van der Waals surface area (Å²) < 4.78 is 40.0. The molecule has 3 aromatic rings. The second-order valence-electron chi connectivity index (χ2n) is 6.53. The first-order chi connectivity index (χ1) is 14.3. The zero-order chi connectivity index (χ0) is 21.8. The monoisotopic (exact) mass is 436 g/mol. The number of alkyl halides is 2.